The number of methoxy groups -OCH3 is 1. The van der Waals surface area contributed by atoms with Crippen molar-refractivity contribution in [2.75, 3.05) is 12.0 Å². The van der Waals surface area contributed by atoms with Gasteiger partial charge in [0, 0.05) is 71.9 Å². The van der Waals surface area contributed by atoms with Gasteiger partial charge < -0.3 is 27.6 Å². The number of para-hydroxylation sites is 5. The predicted octanol–water partition coefficient (Wildman–Crippen LogP) is 20.1. The molecule has 15 rings (SSSR count). The van der Waals surface area contributed by atoms with Crippen molar-refractivity contribution in [3.05, 3.63) is 255 Å². The fraction of sp³-hybridized carbons (Fsp3) is 0.0423. The second-order valence-electron chi connectivity index (χ2n) is 19.4. The number of benzene rings is 11. The second kappa shape index (κ2) is 18.7. The van der Waals surface area contributed by atoms with Crippen molar-refractivity contribution in [2.45, 2.75) is 13.8 Å². The van der Waals surface area contributed by atoms with E-state index in [-0.39, 0.29) is 0 Å². The van der Waals surface area contributed by atoms with E-state index in [0.29, 0.717) is 0 Å². The van der Waals surface area contributed by atoms with Crippen LogP contribution in [0.25, 0.3) is 121 Å². The summed E-state index contributed by atoms with van der Waals surface area (Å²) in [6, 6.07) is 86.2. The molecule has 4 aromatic heterocycles. The molecule has 0 spiro atoms. The second-order valence-corrected chi connectivity index (χ2v) is 19.4. The zero-order valence-corrected chi connectivity index (χ0v) is 42.8. The number of fused-ring (bicyclic) bond motifs is 14. The molecule has 11 aromatic carbocycles. The summed E-state index contributed by atoms with van der Waals surface area (Å²) in [7, 11) is 1.74. The van der Waals surface area contributed by atoms with E-state index in [1.54, 1.807) is 7.11 Å². The van der Waals surface area contributed by atoms with E-state index in [9.17, 15) is 0 Å². The predicted molar refractivity (Wildman–Crippen MR) is 322 cm³/mol. The summed E-state index contributed by atoms with van der Waals surface area (Å²) in [5, 5.41) is 8.76. The smallest absolute Gasteiger partial charge is 0.145 e. The van der Waals surface area contributed by atoms with E-state index >= 15 is 0 Å². The number of aromatic nitrogens is 2. The van der Waals surface area contributed by atoms with Gasteiger partial charge in [0.05, 0.1) is 39.9 Å². The molecule has 0 fully saturated rings. The first-order chi connectivity index (χ1) is 38.1. The summed E-state index contributed by atoms with van der Waals surface area (Å²) >= 11 is 0. The lowest BCUT2D eigenvalue weighted by molar-refractivity contribution is 0.416. The first-order valence-electron chi connectivity index (χ1n) is 26.2. The van der Waals surface area contributed by atoms with Gasteiger partial charge in [-0.15, -0.1) is 0 Å². The average Bonchev–Trinajstić information content (AvgIpc) is 4.46. The summed E-state index contributed by atoms with van der Waals surface area (Å²) in [4.78, 5) is 2.34. The topological polar surface area (TPSA) is 48.6 Å². The van der Waals surface area contributed by atoms with Gasteiger partial charge >= 0.3 is 0 Å². The summed E-state index contributed by atoms with van der Waals surface area (Å²) < 4.78 is 24.5. The molecular formula is C71H51N3O3. The van der Waals surface area contributed by atoms with Crippen LogP contribution in [0, 0.1) is 0 Å². The van der Waals surface area contributed by atoms with E-state index in [1.807, 2.05) is 44.2 Å². The SMILES string of the molecule is C/C=C\C.COc1ccc(-n2c3ccccc3c3c4oc5c(ccc6c5c5cc(N(c7ccccc7)c7ccc(-c8cccc9c8oc8ccccc89)cc7)ccc5n6-c5ccccc5)c4ccc32)cc1-c1ccccc1. The Morgan fingerprint density at radius 2 is 0.909 bits per heavy atom. The summed E-state index contributed by atoms with van der Waals surface area (Å²) in [5.41, 5.74) is 17.4. The minimum absolute atomic E-state index is 0.829. The Bertz CT molecular complexity index is 4730. The third kappa shape index (κ3) is 7.40. The van der Waals surface area contributed by atoms with Crippen molar-refractivity contribution in [3.8, 4) is 39.4 Å². The molecule has 0 aliphatic heterocycles. The number of nitrogens with zero attached hydrogens (tertiary/aromatic N) is 3. The lowest BCUT2D eigenvalue weighted by Crippen LogP contribution is -2.09. The van der Waals surface area contributed by atoms with Crippen molar-refractivity contribution in [2.24, 2.45) is 0 Å². The van der Waals surface area contributed by atoms with Gasteiger partial charge in [0.15, 0.2) is 0 Å². The summed E-state index contributed by atoms with van der Waals surface area (Å²) in [5.74, 6) is 0.829. The van der Waals surface area contributed by atoms with Gasteiger partial charge in [0.25, 0.3) is 0 Å². The van der Waals surface area contributed by atoms with Crippen LogP contribution in [0.15, 0.2) is 264 Å². The first-order valence-corrected chi connectivity index (χ1v) is 26.2. The monoisotopic (exact) mass is 993 g/mol. The van der Waals surface area contributed by atoms with Gasteiger partial charge in [-0.1, -0.05) is 146 Å². The van der Waals surface area contributed by atoms with E-state index in [1.165, 1.54) is 0 Å². The Morgan fingerprint density at radius 3 is 1.62 bits per heavy atom. The van der Waals surface area contributed by atoms with Crippen LogP contribution in [0.1, 0.15) is 13.8 Å². The molecule has 15 aromatic rings. The highest BCUT2D eigenvalue weighted by atomic mass is 16.5. The number of allylic oxidation sites excluding steroid dienone is 2. The average molecular weight is 994 g/mol. The van der Waals surface area contributed by atoms with E-state index in [2.05, 4.69) is 238 Å². The molecule has 4 heterocycles. The largest absolute Gasteiger partial charge is 0.496 e. The van der Waals surface area contributed by atoms with Crippen LogP contribution in [0.5, 0.6) is 5.75 Å². The van der Waals surface area contributed by atoms with Crippen molar-refractivity contribution < 1.29 is 13.6 Å². The van der Waals surface area contributed by atoms with Crippen LogP contribution in [0.4, 0.5) is 17.1 Å². The standard InChI is InChI=1S/C67H43N3O3.C4H8/c1-71-61-39-33-48(40-55(61)42-16-5-2-6-17-42)70-57-26-13-11-23-54(57)63-59(70)37-34-52-53-35-38-60-64(67(53)73-66(52)63)56-41-47(32-36-58(56)69(60)45-20-9-4-10-21-45)68(44-18-7-3-8-19-44)46-30-28-43(29-31-46)49-24-15-25-51-50-22-12-14-27-62(50)72-65(49)51;1-3-4-2/h2-41H,1H3;3-4H,1-2H3/b;4-3-. The van der Waals surface area contributed by atoms with Gasteiger partial charge in [-0.2, -0.15) is 0 Å². The number of ether oxygens (including phenoxy) is 1. The normalized spacial score (nSPS) is 11.8. The molecule has 0 unspecified atom stereocenters. The minimum Gasteiger partial charge on any atom is -0.496 e. The van der Waals surface area contributed by atoms with E-state index in [0.717, 1.165) is 144 Å². The minimum atomic E-state index is 0.829. The molecule has 0 amide bonds. The molecule has 6 heteroatoms. The molecule has 0 saturated heterocycles. The highest BCUT2D eigenvalue weighted by Gasteiger charge is 2.25. The van der Waals surface area contributed by atoms with Crippen molar-refractivity contribution in [1.82, 2.24) is 9.13 Å². The van der Waals surface area contributed by atoms with Crippen LogP contribution >= 0.6 is 0 Å². The lowest BCUT2D eigenvalue weighted by atomic mass is 10.0. The zero-order chi connectivity index (χ0) is 51.6. The Kier molecular flexibility index (Phi) is 11.1. The molecule has 368 valence electrons. The molecule has 0 N–H and O–H groups in total. The van der Waals surface area contributed by atoms with Crippen molar-refractivity contribution in [3.63, 3.8) is 0 Å². The number of anilines is 3. The van der Waals surface area contributed by atoms with Gasteiger partial charge in [0.2, 0.25) is 0 Å². The Hall–Kier alpha value is -10.0. The van der Waals surface area contributed by atoms with E-state index in [4.69, 9.17) is 13.6 Å². The summed E-state index contributed by atoms with van der Waals surface area (Å²) in [6.45, 7) is 4.00. The maximum Gasteiger partial charge on any atom is 0.145 e. The van der Waals surface area contributed by atoms with Gasteiger partial charge in [-0.25, -0.2) is 0 Å². The Morgan fingerprint density at radius 1 is 0.364 bits per heavy atom. The molecule has 0 aliphatic rings. The molecular weight excluding hydrogens is 943 g/mol. The molecule has 0 saturated carbocycles. The Balaban J connectivity index is 0.00000131. The van der Waals surface area contributed by atoms with Crippen LogP contribution in [0.3, 0.4) is 0 Å². The lowest BCUT2D eigenvalue weighted by Gasteiger charge is -2.26. The maximum atomic E-state index is 7.43. The highest BCUT2D eigenvalue weighted by molar-refractivity contribution is 6.29. The van der Waals surface area contributed by atoms with Crippen LogP contribution in [0.2, 0.25) is 0 Å². The third-order valence-electron chi connectivity index (χ3n) is 15.1. The summed E-state index contributed by atoms with van der Waals surface area (Å²) in [6.07, 6.45) is 4.00. The van der Waals surface area contributed by atoms with Gasteiger partial charge in [-0.3, -0.25) is 0 Å². The molecule has 0 aliphatic carbocycles. The third-order valence-corrected chi connectivity index (χ3v) is 15.1. The number of rotatable bonds is 8. The number of furan rings is 2. The van der Waals surface area contributed by atoms with Crippen molar-refractivity contribution >= 4 is 105 Å². The molecule has 77 heavy (non-hydrogen) atoms. The number of hydrogen-bond acceptors (Lipinski definition) is 4. The van der Waals surface area contributed by atoms with Crippen LogP contribution < -0.4 is 9.64 Å². The fourth-order valence-electron chi connectivity index (χ4n) is 11.6. The maximum absolute atomic E-state index is 7.43. The Labute approximate surface area is 445 Å². The first kappa shape index (κ1) is 45.6. The van der Waals surface area contributed by atoms with Crippen molar-refractivity contribution in [1.29, 1.82) is 0 Å². The molecule has 6 nitrogen and oxygen atoms in total. The highest BCUT2D eigenvalue weighted by Crippen LogP contribution is 2.47. The van der Waals surface area contributed by atoms with Gasteiger partial charge in [0.1, 0.15) is 28.1 Å². The zero-order valence-electron chi connectivity index (χ0n) is 42.8. The van der Waals surface area contributed by atoms with Gasteiger partial charge in [-0.05, 0) is 134 Å². The quantitative estimate of drug-likeness (QED) is 0.142. The van der Waals surface area contributed by atoms with Crippen LogP contribution in [-0.2, 0) is 0 Å². The van der Waals surface area contributed by atoms with E-state index < -0.39 is 0 Å². The fourth-order valence-corrected chi connectivity index (χ4v) is 11.6. The van der Waals surface area contributed by atoms with Crippen LogP contribution in [-0.4, -0.2) is 16.2 Å². The molecule has 0 atom stereocenters. The number of hydrogen-bond donors (Lipinski definition) is 0. The molecule has 0 radical (unpaired) electrons. The molecule has 0 bridgehead atoms.